The molecule has 21 heavy (non-hydrogen) atoms. The van der Waals surface area contributed by atoms with Crippen LogP contribution in [0.4, 0.5) is 13.2 Å². The highest BCUT2D eigenvalue weighted by molar-refractivity contribution is 5.29. The van der Waals surface area contributed by atoms with Crippen molar-refractivity contribution in [3.63, 3.8) is 0 Å². The van der Waals surface area contributed by atoms with Crippen molar-refractivity contribution in [2.45, 2.75) is 32.2 Å². The molecule has 0 saturated carbocycles. The summed E-state index contributed by atoms with van der Waals surface area (Å²) in [4.78, 5) is 0. The second-order valence-electron chi connectivity index (χ2n) is 5.31. The fourth-order valence-electron chi connectivity index (χ4n) is 2.39. The van der Waals surface area contributed by atoms with Gasteiger partial charge in [0, 0.05) is 19.3 Å². The van der Waals surface area contributed by atoms with Crippen molar-refractivity contribution in [1.29, 1.82) is 0 Å². The number of halogens is 3. The minimum absolute atomic E-state index is 0.0901. The fourth-order valence-corrected chi connectivity index (χ4v) is 2.39. The zero-order valence-corrected chi connectivity index (χ0v) is 12.0. The number of nitrogens with one attached hydrogen (secondary N) is 1. The summed E-state index contributed by atoms with van der Waals surface area (Å²) >= 11 is 0. The van der Waals surface area contributed by atoms with Crippen molar-refractivity contribution in [3.8, 4) is 5.75 Å². The number of hydrogen-bond acceptors (Lipinski definition) is 3. The third-order valence-corrected chi connectivity index (χ3v) is 3.64. The fraction of sp³-hybridized carbons (Fsp3) is 0.600. The maximum atomic E-state index is 12.1. The first kappa shape index (κ1) is 16.1. The number of benzene rings is 1. The molecule has 0 aromatic heterocycles. The average molecular weight is 303 g/mol. The highest BCUT2D eigenvalue weighted by Crippen LogP contribution is 2.24. The van der Waals surface area contributed by atoms with Gasteiger partial charge in [-0.3, -0.25) is 0 Å². The first-order chi connectivity index (χ1) is 9.94. The van der Waals surface area contributed by atoms with Crippen molar-refractivity contribution < 1.29 is 22.6 Å². The Morgan fingerprint density at radius 3 is 2.62 bits per heavy atom. The summed E-state index contributed by atoms with van der Waals surface area (Å²) in [5, 5.41) is 3.37. The molecule has 2 unspecified atom stereocenters. The molecule has 0 bridgehead atoms. The molecule has 1 saturated heterocycles. The van der Waals surface area contributed by atoms with Crippen LogP contribution in [0.5, 0.6) is 5.75 Å². The predicted octanol–water partition coefficient (Wildman–Crippen LogP) is 3.66. The molecule has 1 N–H and O–H groups in total. The van der Waals surface area contributed by atoms with Crippen molar-refractivity contribution in [2.24, 2.45) is 5.92 Å². The zero-order chi connectivity index (χ0) is 15.3. The molecule has 0 amide bonds. The molecule has 1 fully saturated rings. The maximum absolute atomic E-state index is 12.1. The molecule has 1 aliphatic rings. The Morgan fingerprint density at radius 1 is 1.33 bits per heavy atom. The molecule has 2 atom stereocenters. The van der Waals surface area contributed by atoms with Gasteiger partial charge in [-0.1, -0.05) is 12.1 Å². The monoisotopic (exact) mass is 303 g/mol. The van der Waals surface area contributed by atoms with E-state index in [9.17, 15) is 13.2 Å². The van der Waals surface area contributed by atoms with Crippen LogP contribution >= 0.6 is 0 Å². The minimum Gasteiger partial charge on any atom is -0.406 e. The lowest BCUT2D eigenvalue weighted by atomic mass is 10.0. The van der Waals surface area contributed by atoms with Gasteiger partial charge in [-0.25, -0.2) is 0 Å². The molecule has 118 valence electrons. The Morgan fingerprint density at radius 2 is 2.05 bits per heavy atom. The van der Waals surface area contributed by atoms with Crippen molar-refractivity contribution in [1.82, 2.24) is 5.32 Å². The molecule has 1 aliphatic heterocycles. The molecule has 0 aliphatic carbocycles. The van der Waals surface area contributed by atoms with E-state index in [2.05, 4.69) is 10.1 Å². The van der Waals surface area contributed by atoms with Gasteiger partial charge in [-0.05, 0) is 49.9 Å². The van der Waals surface area contributed by atoms with E-state index in [0.717, 1.165) is 38.2 Å². The minimum atomic E-state index is -4.64. The van der Waals surface area contributed by atoms with Crippen LogP contribution in [0.25, 0.3) is 0 Å². The third kappa shape index (κ3) is 5.55. The Hall–Kier alpha value is -1.27. The van der Waals surface area contributed by atoms with Gasteiger partial charge < -0.3 is 14.8 Å². The molecular weight excluding hydrogens is 283 g/mol. The molecular formula is C15H20F3NO2. The SMILES string of the molecule is CC(NCCC1CCOC1)c1ccc(OC(F)(F)F)cc1. The van der Waals surface area contributed by atoms with Crippen LogP contribution in [0, 0.1) is 5.92 Å². The van der Waals surface area contributed by atoms with Gasteiger partial charge in [-0.2, -0.15) is 0 Å². The molecule has 1 aromatic carbocycles. The van der Waals surface area contributed by atoms with E-state index in [4.69, 9.17) is 4.74 Å². The van der Waals surface area contributed by atoms with Gasteiger partial charge in [-0.15, -0.1) is 13.2 Å². The highest BCUT2D eigenvalue weighted by Gasteiger charge is 2.31. The second kappa shape index (κ2) is 7.13. The zero-order valence-electron chi connectivity index (χ0n) is 12.0. The highest BCUT2D eigenvalue weighted by atomic mass is 19.4. The van der Waals surface area contributed by atoms with Gasteiger partial charge >= 0.3 is 6.36 Å². The van der Waals surface area contributed by atoms with Crippen molar-refractivity contribution in [2.75, 3.05) is 19.8 Å². The standard InChI is InChI=1S/C15H20F3NO2/c1-11(19-8-6-12-7-9-20-10-12)13-2-4-14(5-3-13)21-15(16,17)18/h2-5,11-12,19H,6-10H2,1H3. The summed E-state index contributed by atoms with van der Waals surface area (Å²) in [6.07, 6.45) is -2.48. The van der Waals surface area contributed by atoms with Crippen LogP contribution in [0.3, 0.4) is 0 Å². The molecule has 0 radical (unpaired) electrons. The van der Waals surface area contributed by atoms with Gasteiger partial charge in [0.05, 0.1) is 0 Å². The Bertz CT molecular complexity index is 428. The lowest BCUT2D eigenvalue weighted by molar-refractivity contribution is -0.274. The summed E-state index contributed by atoms with van der Waals surface area (Å²) in [7, 11) is 0. The predicted molar refractivity (Wildman–Crippen MR) is 73.1 cm³/mol. The quantitative estimate of drug-likeness (QED) is 0.870. The smallest absolute Gasteiger partial charge is 0.406 e. The van der Waals surface area contributed by atoms with Crippen LogP contribution in [0.1, 0.15) is 31.4 Å². The van der Waals surface area contributed by atoms with Crippen molar-refractivity contribution >= 4 is 0 Å². The number of alkyl halides is 3. The number of rotatable bonds is 6. The van der Waals surface area contributed by atoms with E-state index < -0.39 is 6.36 Å². The van der Waals surface area contributed by atoms with Gasteiger partial charge in [0.15, 0.2) is 0 Å². The molecule has 1 heterocycles. The Balaban J connectivity index is 1.77. The van der Waals surface area contributed by atoms with E-state index in [1.165, 1.54) is 12.1 Å². The summed E-state index contributed by atoms with van der Waals surface area (Å²) in [5.74, 6) is 0.425. The summed E-state index contributed by atoms with van der Waals surface area (Å²) in [5.41, 5.74) is 0.937. The first-order valence-electron chi connectivity index (χ1n) is 7.11. The maximum Gasteiger partial charge on any atom is 0.573 e. The topological polar surface area (TPSA) is 30.5 Å². The van der Waals surface area contributed by atoms with Crippen LogP contribution < -0.4 is 10.1 Å². The normalized spacial score (nSPS) is 20.5. The molecule has 0 spiro atoms. The van der Waals surface area contributed by atoms with Gasteiger partial charge in [0.1, 0.15) is 5.75 Å². The Labute approximate surface area is 122 Å². The van der Waals surface area contributed by atoms with Crippen LogP contribution in [0.15, 0.2) is 24.3 Å². The van der Waals surface area contributed by atoms with Gasteiger partial charge in [0.25, 0.3) is 0 Å². The summed E-state index contributed by atoms with van der Waals surface area (Å²) < 4.78 is 45.4. The van der Waals surface area contributed by atoms with Crippen molar-refractivity contribution in [3.05, 3.63) is 29.8 Å². The molecule has 1 aromatic rings. The van der Waals surface area contributed by atoms with E-state index >= 15 is 0 Å². The molecule has 2 rings (SSSR count). The summed E-state index contributed by atoms with van der Waals surface area (Å²) in [6, 6.07) is 6.07. The van der Waals surface area contributed by atoms with Crippen LogP contribution in [-0.2, 0) is 4.74 Å². The summed E-state index contributed by atoms with van der Waals surface area (Å²) in [6.45, 7) is 4.54. The van der Waals surface area contributed by atoms with E-state index in [-0.39, 0.29) is 11.8 Å². The number of hydrogen-bond donors (Lipinski definition) is 1. The number of ether oxygens (including phenoxy) is 2. The van der Waals surface area contributed by atoms with E-state index in [0.29, 0.717) is 5.92 Å². The van der Waals surface area contributed by atoms with E-state index in [1.54, 1.807) is 12.1 Å². The van der Waals surface area contributed by atoms with E-state index in [1.807, 2.05) is 6.92 Å². The van der Waals surface area contributed by atoms with Crippen LogP contribution in [0.2, 0.25) is 0 Å². The lowest BCUT2D eigenvalue weighted by Crippen LogP contribution is -2.22. The van der Waals surface area contributed by atoms with Crippen LogP contribution in [-0.4, -0.2) is 26.1 Å². The second-order valence-corrected chi connectivity index (χ2v) is 5.31. The molecule has 3 nitrogen and oxygen atoms in total. The Kier molecular flexibility index (Phi) is 5.47. The molecule has 6 heteroatoms. The van der Waals surface area contributed by atoms with Gasteiger partial charge in [0.2, 0.25) is 0 Å². The lowest BCUT2D eigenvalue weighted by Gasteiger charge is -2.16. The third-order valence-electron chi connectivity index (χ3n) is 3.64. The first-order valence-corrected chi connectivity index (χ1v) is 7.11. The average Bonchev–Trinajstić information content (AvgIpc) is 2.91. The largest absolute Gasteiger partial charge is 0.573 e.